The molecular weight excluding hydrogens is 299 g/mol. The molecule has 2 aromatic rings. The van der Waals surface area contributed by atoms with Gasteiger partial charge in [-0.3, -0.25) is 4.79 Å². The van der Waals surface area contributed by atoms with Gasteiger partial charge in [0.25, 0.3) is 0 Å². The van der Waals surface area contributed by atoms with Crippen molar-refractivity contribution >= 4 is 5.97 Å². The molecule has 0 aromatic heterocycles. The molecule has 0 aliphatic heterocycles. The van der Waals surface area contributed by atoms with Gasteiger partial charge in [0.05, 0.1) is 19.1 Å². The van der Waals surface area contributed by atoms with Gasteiger partial charge in [-0.1, -0.05) is 18.2 Å². The molecule has 2 aromatic carbocycles. The molecule has 5 heteroatoms. The van der Waals surface area contributed by atoms with Gasteiger partial charge in [0.1, 0.15) is 17.3 Å². The summed E-state index contributed by atoms with van der Waals surface area (Å²) in [4.78, 5) is 11.4. The highest BCUT2D eigenvalue weighted by Gasteiger charge is 2.22. The number of halogens is 1. The lowest BCUT2D eigenvalue weighted by Crippen LogP contribution is -2.16. The summed E-state index contributed by atoms with van der Waals surface area (Å²) in [5.74, 6) is -1.15. The van der Waals surface area contributed by atoms with Crippen LogP contribution in [0.15, 0.2) is 48.5 Å². The van der Waals surface area contributed by atoms with Crippen molar-refractivity contribution in [3.8, 4) is 11.5 Å². The van der Waals surface area contributed by atoms with E-state index >= 15 is 0 Å². The van der Waals surface area contributed by atoms with Crippen LogP contribution in [0.5, 0.6) is 11.5 Å². The van der Waals surface area contributed by atoms with Crippen LogP contribution in [-0.2, 0) is 4.79 Å². The lowest BCUT2D eigenvalue weighted by molar-refractivity contribution is -0.139. The molecule has 1 atom stereocenters. The summed E-state index contributed by atoms with van der Waals surface area (Å²) in [6.07, 6.45) is 0.184. The lowest BCUT2D eigenvalue weighted by atomic mass is 9.96. The van der Waals surface area contributed by atoms with Crippen LogP contribution < -0.4 is 9.47 Å². The van der Waals surface area contributed by atoms with Gasteiger partial charge in [0.15, 0.2) is 0 Å². The molecule has 0 aliphatic rings. The normalized spacial score (nSPS) is 11.7. The molecule has 122 valence electrons. The number of carboxylic acid groups (broad SMARTS) is 1. The summed E-state index contributed by atoms with van der Waals surface area (Å²) >= 11 is 0. The van der Waals surface area contributed by atoms with E-state index in [9.17, 15) is 14.3 Å². The summed E-state index contributed by atoms with van der Waals surface area (Å²) in [6.45, 7) is 2.67. The Labute approximate surface area is 134 Å². The maximum Gasteiger partial charge on any atom is 0.311 e. The predicted octanol–water partition coefficient (Wildman–Crippen LogP) is 3.86. The van der Waals surface area contributed by atoms with Crippen LogP contribution in [0.2, 0.25) is 0 Å². The summed E-state index contributed by atoms with van der Waals surface area (Å²) in [6, 6.07) is 13.0. The van der Waals surface area contributed by atoms with Crippen LogP contribution in [0.25, 0.3) is 0 Å². The highest BCUT2D eigenvalue weighted by molar-refractivity contribution is 5.76. The number of benzene rings is 2. The highest BCUT2D eigenvalue weighted by atomic mass is 19.1. The molecule has 0 heterocycles. The first-order valence-electron chi connectivity index (χ1n) is 7.44. The maximum absolute atomic E-state index is 13.7. The van der Waals surface area contributed by atoms with Gasteiger partial charge in [0.2, 0.25) is 0 Å². The molecule has 0 saturated heterocycles. The van der Waals surface area contributed by atoms with Crippen molar-refractivity contribution in [2.75, 3.05) is 13.2 Å². The van der Waals surface area contributed by atoms with Crippen LogP contribution in [0.3, 0.4) is 0 Å². The van der Waals surface area contributed by atoms with Crippen LogP contribution in [-0.4, -0.2) is 24.3 Å². The lowest BCUT2D eigenvalue weighted by Gasteiger charge is -2.14. The predicted molar refractivity (Wildman–Crippen MR) is 84.5 cm³/mol. The molecule has 0 saturated carbocycles. The Morgan fingerprint density at radius 2 is 1.70 bits per heavy atom. The van der Waals surface area contributed by atoms with Gasteiger partial charge in [0, 0.05) is 5.56 Å². The van der Waals surface area contributed by atoms with Crippen molar-refractivity contribution in [2.24, 2.45) is 0 Å². The van der Waals surface area contributed by atoms with Gasteiger partial charge in [-0.25, -0.2) is 4.39 Å². The molecule has 0 bridgehead atoms. The first-order chi connectivity index (χ1) is 11.1. The zero-order valence-corrected chi connectivity index (χ0v) is 12.9. The summed E-state index contributed by atoms with van der Waals surface area (Å²) in [5.41, 5.74) is 0.176. The molecule has 2 rings (SSSR count). The standard InChI is InChI=1S/C18H19FO4/c1-2-22-13-7-9-14(10-8-13)23-12-11-16(18(20)21)15-5-3-4-6-17(15)19/h3-10,16H,2,11-12H2,1H3,(H,20,21). The molecule has 23 heavy (non-hydrogen) atoms. The van der Waals surface area contributed by atoms with Crippen molar-refractivity contribution in [3.63, 3.8) is 0 Å². The molecule has 0 radical (unpaired) electrons. The third-order valence-corrected chi connectivity index (χ3v) is 3.39. The van der Waals surface area contributed by atoms with E-state index in [2.05, 4.69) is 0 Å². The molecule has 4 nitrogen and oxygen atoms in total. The number of hydrogen-bond donors (Lipinski definition) is 1. The zero-order valence-electron chi connectivity index (χ0n) is 12.9. The van der Waals surface area contributed by atoms with E-state index in [0.29, 0.717) is 12.4 Å². The van der Waals surface area contributed by atoms with E-state index in [-0.39, 0.29) is 18.6 Å². The van der Waals surface area contributed by atoms with E-state index in [1.54, 1.807) is 30.3 Å². The molecule has 0 aliphatic carbocycles. The van der Waals surface area contributed by atoms with Crippen molar-refractivity contribution in [1.82, 2.24) is 0 Å². The van der Waals surface area contributed by atoms with Gasteiger partial charge >= 0.3 is 5.97 Å². The fraction of sp³-hybridized carbons (Fsp3) is 0.278. The third-order valence-electron chi connectivity index (χ3n) is 3.39. The number of carbonyl (C=O) groups is 1. The van der Waals surface area contributed by atoms with Crippen LogP contribution in [0.4, 0.5) is 4.39 Å². The van der Waals surface area contributed by atoms with Crippen LogP contribution >= 0.6 is 0 Å². The minimum Gasteiger partial charge on any atom is -0.494 e. The number of rotatable bonds is 8. The second-order valence-corrected chi connectivity index (χ2v) is 4.95. The second kappa shape index (κ2) is 8.17. The fourth-order valence-corrected chi connectivity index (χ4v) is 2.26. The topological polar surface area (TPSA) is 55.8 Å². The van der Waals surface area contributed by atoms with Crippen molar-refractivity contribution in [3.05, 3.63) is 59.9 Å². The van der Waals surface area contributed by atoms with Crippen LogP contribution in [0.1, 0.15) is 24.8 Å². The first-order valence-corrected chi connectivity index (χ1v) is 7.44. The van der Waals surface area contributed by atoms with Gasteiger partial charge < -0.3 is 14.6 Å². The van der Waals surface area contributed by atoms with E-state index in [0.717, 1.165) is 5.75 Å². The molecule has 0 spiro atoms. The Balaban J connectivity index is 1.95. The maximum atomic E-state index is 13.7. The average molecular weight is 318 g/mol. The van der Waals surface area contributed by atoms with E-state index < -0.39 is 17.7 Å². The fourth-order valence-electron chi connectivity index (χ4n) is 2.26. The quantitative estimate of drug-likeness (QED) is 0.803. The SMILES string of the molecule is CCOc1ccc(OCCC(C(=O)O)c2ccccc2F)cc1. The highest BCUT2D eigenvalue weighted by Crippen LogP contribution is 2.24. The minimum atomic E-state index is -1.06. The number of hydrogen-bond acceptors (Lipinski definition) is 3. The first kappa shape index (κ1) is 16.8. The zero-order chi connectivity index (χ0) is 16.7. The Bertz CT molecular complexity index is 640. The Morgan fingerprint density at radius 3 is 2.26 bits per heavy atom. The van der Waals surface area contributed by atoms with Crippen molar-refractivity contribution in [2.45, 2.75) is 19.3 Å². The Morgan fingerprint density at radius 1 is 1.09 bits per heavy atom. The number of ether oxygens (including phenoxy) is 2. The third kappa shape index (κ3) is 4.71. The summed E-state index contributed by atoms with van der Waals surface area (Å²) in [7, 11) is 0. The van der Waals surface area contributed by atoms with Crippen LogP contribution in [0, 0.1) is 5.82 Å². The number of aliphatic carboxylic acids is 1. The van der Waals surface area contributed by atoms with Crippen molar-refractivity contribution < 1.29 is 23.8 Å². The Kier molecular flexibility index (Phi) is 5.97. The molecule has 0 fully saturated rings. The number of carboxylic acids is 1. The molecular formula is C18H19FO4. The minimum absolute atomic E-state index is 0.176. The molecule has 1 unspecified atom stereocenters. The van der Waals surface area contributed by atoms with E-state index in [1.165, 1.54) is 18.2 Å². The molecule has 1 N–H and O–H groups in total. The monoisotopic (exact) mass is 318 g/mol. The van der Waals surface area contributed by atoms with E-state index in [4.69, 9.17) is 9.47 Å². The van der Waals surface area contributed by atoms with Gasteiger partial charge in [-0.15, -0.1) is 0 Å². The van der Waals surface area contributed by atoms with Gasteiger partial charge in [-0.2, -0.15) is 0 Å². The van der Waals surface area contributed by atoms with E-state index in [1.807, 2.05) is 6.92 Å². The second-order valence-electron chi connectivity index (χ2n) is 4.95. The average Bonchev–Trinajstić information content (AvgIpc) is 2.54. The van der Waals surface area contributed by atoms with Gasteiger partial charge in [-0.05, 0) is 43.7 Å². The molecule has 0 amide bonds. The largest absolute Gasteiger partial charge is 0.494 e. The smallest absolute Gasteiger partial charge is 0.311 e. The summed E-state index contributed by atoms with van der Waals surface area (Å²) in [5, 5.41) is 9.31. The summed E-state index contributed by atoms with van der Waals surface area (Å²) < 4.78 is 24.6. The van der Waals surface area contributed by atoms with Crippen molar-refractivity contribution in [1.29, 1.82) is 0 Å². The Hall–Kier alpha value is -2.56.